The van der Waals surface area contributed by atoms with Crippen LogP contribution in [0.5, 0.6) is 0 Å². The molecule has 0 saturated heterocycles. The molecule has 1 atom stereocenters. The maximum absolute atomic E-state index is 9.75. The molecule has 0 amide bonds. The summed E-state index contributed by atoms with van der Waals surface area (Å²) in [6.07, 6.45) is 0. The SMILES string of the molecule is CC(NCC(C)(C)N(C)C)C(C)(C)O. The molecule has 0 fully saturated rings. The van der Waals surface area contributed by atoms with E-state index in [1.54, 1.807) is 0 Å². The highest BCUT2D eigenvalue weighted by Crippen LogP contribution is 2.12. The van der Waals surface area contributed by atoms with Gasteiger partial charge in [-0.2, -0.15) is 0 Å². The zero-order chi connectivity index (χ0) is 11.6. The van der Waals surface area contributed by atoms with Gasteiger partial charge in [0.15, 0.2) is 0 Å². The van der Waals surface area contributed by atoms with E-state index >= 15 is 0 Å². The summed E-state index contributed by atoms with van der Waals surface area (Å²) < 4.78 is 0. The number of nitrogens with one attached hydrogen (secondary N) is 1. The number of rotatable bonds is 5. The summed E-state index contributed by atoms with van der Waals surface area (Å²) in [5, 5.41) is 13.1. The standard InChI is InChI=1S/C11H26N2O/c1-9(11(4,5)14)12-8-10(2,3)13(6)7/h9,12,14H,8H2,1-7H3. The Morgan fingerprint density at radius 1 is 1.21 bits per heavy atom. The van der Waals surface area contributed by atoms with E-state index in [4.69, 9.17) is 0 Å². The van der Waals surface area contributed by atoms with Gasteiger partial charge in [0.25, 0.3) is 0 Å². The number of hydrogen-bond acceptors (Lipinski definition) is 3. The van der Waals surface area contributed by atoms with Crippen molar-refractivity contribution in [1.29, 1.82) is 0 Å². The molecular weight excluding hydrogens is 176 g/mol. The van der Waals surface area contributed by atoms with Gasteiger partial charge in [-0.1, -0.05) is 0 Å². The molecule has 2 N–H and O–H groups in total. The zero-order valence-corrected chi connectivity index (χ0v) is 10.7. The van der Waals surface area contributed by atoms with Crippen molar-refractivity contribution in [2.24, 2.45) is 0 Å². The first kappa shape index (κ1) is 13.9. The fourth-order valence-electron chi connectivity index (χ4n) is 0.811. The second kappa shape index (κ2) is 4.60. The van der Waals surface area contributed by atoms with Gasteiger partial charge in [0.1, 0.15) is 0 Å². The van der Waals surface area contributed by atoms with E-state index in [9.17, 15) is 5.11 Å². The summed E-state index contributed by atoms with van der Waals surface area (Å²) in [5.41, 5.74) is -0.554. The minimum absolute atomic E-state index is 0.0988. The van der Waals surface area contributed by atoms with Crippen molar-refractivity contribution in [3.63, 3.8) is 0 Å². The summed E-state index contributed by atoms with van der Waals surface area (Å²) in [4.78, 5) is 2.18. The van der Waals surface area contributed by atoms with Crippen LogP contribution in [0.4, 0.5) is 0 Å². The summed E-state index contributed by atoms with van der Waals surface area (Å²) in [6, 6.07) is 0.0988. The van der Waals surface area contributed by atoms with Crippen molar-refractivity contribution < 1.29 is 5.11 Å². The van der Waals surface area contributed by atoms with Gasteiger partial charge in [0, 0.05) is 18.1 Å². The molecule has 1 unspecified atom stereocenters. The van der Waals surface area contributed by atoms with E-state index in [2.05, 4.69) is 38.2 Å². The van der Waals surface area contributed by atoms with E-state index in [0.29, 0.717) is 0 Å². The van der Waals surface area contributed by atoms with Crippen molar-refractivity contribution in [3.05, 3.63) is 0 Å². The predicted molar refractivity (Wildman–Crippen MR) is 61.5 cm³/mol. The summed E-state index contributed by atoms with van der Waals surface area (Å²) >= 11 is 0. The van der Waals surface area contributed by atoms with Crippen LogP contribution >= 0.6 is 0 Å². The quantitative estimate of drug-likeness (QED) is 0.700. The average molecular weight is 202 g/mol. The molecule has 0 saturated carbocycles. The Balaban J connectivity index is 4.07. The van der Waals surface area contributed by atoms with Crippen LogP contribution in [0, 0.1) is 0 Å². The maximum atomic E-state index is 9.75. The van der Waals surface area contributed by atoms with Gasteiger partial charge in [-0.15, -0.1) is 0 Å². The Morgan fingerprint density at radius 3 is 1.93 bits per heavy atom. The third-order valence-electron chi connectivity index (χ3n) is 3.11. The lowest BCUT2D eigenvalue weighted by Gasteiger charge is -2.36. The lowest BCUT2D eigenvalue weighted by atomic mass is 9.98. The van der Waals surface area contributed by atoms with Crippen molar-refractivity contribution in [2.75, 3.05) is 20.6 Å². The van der Waals surface area contributed by atoms with Crippen molar-refractivity contribution in [2.45, 2.75) is 51.8 Å². The molecule has 0 aliphatic rings. The Kier molecular flexibility index (Phi) is 4.56. The van der Waals surface area contributed by atoms with Crippen LogP contribution in [0.1, 0.15) is 34.6 Å². The lowest BCUT2D eigenvalue weighted by molar-refractivity contribution is 0.0385. The molecule has 0 aromatic rings. The molecule has 0 bridgehead atoms. The summed E-state index contributed by atoms with van der Waals surface area (Å²) in [7, 11) is 4.13. The molecule has 0 spiro atoms. The molecule has 0 aliphatic heterocycles. The lowest BCUT2D eigenvalue weighted by Crippen LogP contribution is -2.53. The van der Waals surface area contributed by atoms with Crippen molar-refractivity contribution in [3.8, 4) is 0 Å². The predicted octanol–water partition coefficient (Wildman–Crippen LogP) is 1.08. The van der Waals surface area contributed by atoms with E-state index in [1.165, 1.54) is 0 Å². The van der Waals surface area contributed by atoms with Crippen LogP contribution in [-0.2, 0) is 0 Å². The normalized spacial score (nSPS) is 16.1. The highest BCUT2D eigenvalue weighted by molar-refractivity contribution is 4.85. The van der Waals surface area contributed by atoms with Crippen LogP contribution in [0.15, 0.2) is 0 Å². The monoisotopic (exact) mass is 202 g/mol. The number of likely N-dealkylation sites (N-methyl/N-ethyl adjacent to an activating group) is 1. The van der Waals surface area contributed by atoms with Gasteiger partial charge in [-0.25, -0.2) is 0 Å². The molecule has 0 aromatic carbocycles. The first-order valence-electron chi connectivity index (χ1n) is 5.20. The molecule has 0 heterocycles. The third kappa shape index (κ3) is 4.40. The molecule has 0 aromatic heterocycles. The van der Waals surface area contributed by atoms with Crippen LogP contribution in [0.3, 0.4) is 0 Å². The van der Waals surface area contributed by atoms with Crippen LogP contribution in [-0.4, -0.2) is 47.8 Å². The second-order valence-corrected chi connectivity index (χ2v) is 5.46. The van der Waals surface area contributed by atoms with E-state index in [1.807, 2.05) is 20.8 Å². The van der Waals surface area contributed by atoms with Crippen molar-refractivity contribution in [1.82, 2.24) is 10.2 Å². The van der Waals surface area contributed by atoms with Crippen LogP contribution in [0.25, 0.3) is 0 Å². The number of hydrogen-bond donors (Lipinski definition) is 2. The Labute approximate surface area is 88.5 Å². The fourth-order valence-corrected chi connectivity index (χ4v) is 0.811. The summed E-state index contributed by atoms with van der Waals surface area (Å²) in [6.45, 7) is 10.9. The Hall–Kier alpha value is -0.120. The van der Waals surface area contributed by atoms with Crippen LogP contribution in [0.2, 0.25) is 0 Å². The zero-order valence-electron chi connectivity index (χ0n) is 10.7. The van der Waals surface area contributed by atoms with Crippen molar-refractivity contribution >= 4 is 0 Å². The Bertz CT molecular complexity index is 171. The minimum Gasteiger partial charge on any atom is -0.389 e. The molecular formula is C11H26N2O. The molecule has 3 nitrogen and oxygen atoms in total. The second-order valence-electron chi connectivity index (χ2n) is 5.46. The maximum Gasteiger partial charge on any atom is 0.0741 e. The summed E-state index contributed by atoms with van der Waals surface area (Å²) in [5.74, 6) is 0. The van der Waals surface area contributed by atoms with Gasteiger partial charge >= 0.3 is 0 Å². The first-order valence-corrected chi connectivity index (χ1v) is 5.20. The highest BCUT2D eigenvalue weighted by atomic mass is 16.3. The minimum atomic E-state index is -0.664. The molecule has 0 rings (SSSR count). The third-order valence-corrected chi connectivity index (χ3v) is 3.11. The smallest absolute Gasteiger partial charge is 0.0741 e. The molecule has 0 aliphatic carbocycles. The van der Waals surface area contributed by atoms with Crippen LogP contribution < -0.4 is 5.32 Å². The van der Waals surface area contributed by atoms with Gasteiger partial charge < -0.3 is 15.3 Å². The van der Waals surface area contributed by atoms with E-state index in [0.717, 1.165) is 6.54 Å². The van der Waals surface area contributed by atoms with E-state index < -0.39 is 5.60 Å². The van der Waals surface area contributed by atoms with Gasteiger partial charge in [0.2, 0.25) is 0 Å². The molecule has 86 valence electrons. The fraction of sp³-hybridized carbons (Fsp3) is 1.00. The Morgan fingerprint density at radius 2 is 1.64 bits per heavy atom. The van der Waals surface area contributed by atoms with Gasteiger partial charge in [-0.3, -0.25) is 0 Å². The first-order chi connectivity index (χ1) is 6.07. The average Bonchev–Trinajstić information content (AvgIpc) is 1.98. The highest BCUT2D eigenvalue weighted by Gasteiger charge is 2.26. The number of nitrogens with zero attached hydrogens (tertiary/aromatic N) is 1. The van der Waals surface area contributed by atoms with Gasteiger partial charge in [-0.05, 0) is 48.7 Å². The number of aliphatic hydroxyl groups is 1. The largest absolute Gasteiger partial charge is 0.389 e. The molecule has 3 heteroatoms. The molecule has 0 radical (unpaired) electrons. The van der Waals surface area contributed by atoms with E-state index in [-0.39, 0.29) is 11.6 Å². The van der Waals surface area contributed by atoms with Gasteiger partial charge in [0.05, 0.1) is 5.60 Å². The molecule has 14 heavy (non-hydrogen) atoms. The topological polar surface area (TPSA) is 35.5 Å².